The van der Waals surface area contributed by atoms with Crippen molar-refractivity contribution in [3.8, 4) is 5.75 Å². The molecule has 0 aliphatic carbocycles. The molecule has 0 fully saturated rings. The standard InChI is InChI=1S/C15H16ClN3O2/c1-9-3-4-10(7-12(9)16)18-15(20)19-11-5-6-14(21-2)13(17)8-11/h3-8H,17H2,1-2H3,(H2,18,19,20). The molecule has 110 valence electrons. The number of hydrogen-bond donors (Lipinski definition) is 3. The maximum Gasteiger partial charge on any atom is 0.323 e. The number of anilines is 3. The van der Waals surface area contributed by atoms with Gasteiger partial charge in [-0.25, -0.2) is 4.79 Å². The number of amides is 2. The normalized spacial score (nSPS) is 10.0. The number of rotatable bonds is 3. The van der Waals surface area contributed by atoms with Crippen molar-refractivity contribution < 1.29 is 9.53 Å². The Labute approximate surface area is 128 Å². The summed E-state index contributed by atoms with van der Waals surface area (Å²) < 4.78 is 5.06. The van der Waals surface area contributed by atoms with E-state index in [0.717, 1.165) is 5.56 Å². The smallest absolute Gasteiger partial charge is 0.323 e. The summed E-state index contributed by atoms with van der Waals surface area (Å²) in [6.07, 6.45) is 0. The van der Waals surface area contributed by atoms with Gasteiger partial charge in [0.2, 0.25) is 0 Å². The monoisotopic (exact) mass is 305 g/mol. The number of hydrogen-bond acceptors (Lipinski definition) is 3. The Morgan fingerprint density at radius 3 is 2.33 bits per heavy atom. The quantitative estimate of drug-likeness (QED) is 0.753. The van der Waals surface area contributed by atoms with Gasteiger partial charge in [0.15, 0.2) is 0 Å². The highest BCUT2D eigenvalue weighted by Gasteiger charge is 2.06. The van der Waals surface area contributed by atoms with Crippen molar-refractivity contribution in [3.05, 3.63) is 47.0 Å². The first kappa shape index (κ1) is 15.0. The van der Waals surface area contributed by atoms with E-state index < -0.39 is 0 Å². The van der Waals surface area contributed by atoms with Crippen LogP contribution in [0.2, 0.25) is 5.02 Å². The summed E-state index contributed by atoms with van der Waals surface area (Å²) in [7, 11) is 1.53. The van der Waals surface area contributed by atoms with Crippen molar-refractivity contribution in [2.45, 2.75) is 6.92 Å². The molecule has 2 amide bonds. The highest BCUT2D eigenvalue weighted by atomic mass is 35.5. The van der Waals surface area contributed by atoms with Crippen LogP contribution in [-0.4, -0.2) is 13.1 Å². The fraction of sp³-hybridized carbons (Fsp3) is 0.133. The van der Waals surface area contributed by atoms with E-state index in [1.165, 1.54) is 7.11 Å². The molecule has 0 saturated carbocycles. The SMILES string of the molecule is COc1ccc(NC(=O)Nc2ccc(C)c(Cl)c2)cc1N. The van der Waals surface area contributed by atoms with Crippen LogP contribution in [0.4, 0.5) is 21.9 Å². The Morgan fingerprint density at radius 1 is 1.14 bits per heavy atom. The zero-order valence-corrected chi connectivity index (χ0v) is 12.5. The van der Waals surface area contributed by atoms with Gasteiger partial charge >= 0.3 is 6.03 Å². The van der Waals surface area contributed by atoms with Gasteiger partial charge in [0, 0.05) is 16.4 Å². The maximum absolute atomic E-state index is 11.9. The predicted molar refractivity (Wildman–Crippen MR) is 86.2 cm³/mol. The van der Waals surface area contributed by atoms with E-state index >= 15 is 0 Å². The Hall–Kier alpha value is -2.40. The molecule has 2 aromatic carbocycles. The number of nitrogens with one attached hydrogen (secondary N) is 2. The lowest BCUT2D eigenvalue weighted by Crippen LogP contribution is -2.19. The Kier molecular flexibility index (Phi) is 4.55. The summed E-state index contributed by atoms with van der Waals surface area (Å²) in [5.41, 5.74) is 8.37. The molecule has 5 nitrogen and oxygen atoms in total. The van der Waals surface area contributed by atoms with Crippen LogP contribution in [-0.2, 0) is 0 Å². The van der Waals surface area contributed by atoms with Crippen molar-refractivity contribution in [1.29, 1.82) is 0 Å². The Bertz CT molecular complexity index is 674. The lowest BCUT2D eigenvalue weighted by Gasteiger charge is -2.10. The van der Waals surface area contributed by atoms with E-state index in [4.69, 9.17) is 22.1 Å². The average molecular weight is 306 g/mol. The molecular formula is C15H16ClN3O2. The summed E-state index contributed by atoms with van der Waals surface area (Å²) in [6, 6.07) is 9.95. The first-order chi connectivity index (χ1) is 9.99. The van der Waals surface area contributed by atoms with Crippen LogP contribution >= 0.6 is 11.6 Å². The summed E-state index contributed by atoms with van der Waals surface area (Å²) in [6.45, 7) is 1.90. The third-order valence-electron chi connectivity index (χ3n) is 2.92. The highest BCUT2D eigenvalue weighted by Crippen LogP contribution is 2.25. The van der Waals surface area contributed by atoms with Gasteiger partial charge in [-0.2, -0.15) is 0 Å². The molecule has 6 heteroatoms. The molecule has 4 N–H and O–H groups in total. The molecule has 0 aliphatic heterocycles. The summed E-state index contributed by atoms with van der Waals surface area (Å²) in [5.74, 6) is 0.561. The molecule has 0 atom stereocenters. The molecule has 0 radical (unpaired) electrons. The summed E-state index contributed by atoms with van der Waals surface area (Å²) in [5, 5.41) is 5.99. The van der Waals surface area contributed by atoms with E-state index in [1.807, 2.05) is 13.0 Å². The lowest BCUT2D eigenvalue weighted by molar-refractivity contribution is 0.262. The van der Waals surface area contributed by atoms with Crippen LogP contribution in [0.3, 0.4) is 0 Å². The number of ether oxygens (including phenoxy) is 1. The number of halogens is 1. The van der Waals surface area contributed by atoms with Crippen LogP contribution in [0.1, 0.15) is 5.56 Å². The van der Waals surface area contributed by atoms with Crippen molar-refractivity contribution >= 4 is 34.7 Å². The van der Waals surface area contributed by atoms with Crippen LogP contribution < -0.4 is 21.1 Å². The minimum atomic E-state index is -0.375. The fourth-order valence-electron chi connectivity index (χ4n) is 1.78. The molecule has 0 aromatic heterocycles. The van der Waals surface area contributed by atoms with Crippen molar-refractivity contribution in [2.24, 2.45) is 0 Å². The van der Waals surface area contributed by atoms with Crippen LogP contribution in [0.25, 0.3) is 0 Å². The second-order valence-corrected chi connectivity index (χ2v) is 4.91. The van der Waals surface area contributed by atoms with Gasteiger partial charge in [-0.1, -0.05) is 17.7 Å². The molecule has 0 bridgehead atoms. The molecule has 2 aromatic rings. The van der Waals surface area contributed by atoms with E-state index in [0.29, 0.717) is 27.8 Å². The van der Waals surface area contributed by atoms with Crippen molar-refractivity contribution in [2.75, 3.05) is 23.5 Å². The third kappa shape index (κ3) is 3.79. The molecule has 0 aliphatic rings. The Morgan fingerprint density at radius 2 is 1.76 bits per heavy atom. The number of benzene rings is 2. The zero-order chi connectivity index (χ0) is 15.4. The van der Waals surface area contributed by atoms with Gasteiger partial charge in [-0.15, -0.1) is 0 Å². The van der Waals surface area contributed by atoms with Gasteiger partial charge in [0.1, 0.15) is 5.75 Å². The second-order valence-electron chi connectivity index (χ2n) is 4.50. The van der Waals surface area contributed by atoms with Gasteiger partial charge in [0.25, 0.3) is 0 Å². The van der Waals surface area contributed by atoms with Gasteiger partial charge in [-0.3, -0.25) is 0 Å². The largest absolute Gasteiger partial charge is 0.495 e. The zero-order valence-electron chi connectivity index (χ0n) is 11.7. The maximum atomic E-state index is 11.9. The number of methoxy groups -OCH3 is 1. The molecule has 21 heavy (non-hydrogen) atoms. The number of urea groups is 1. The second kappa shape index (κ2) is 6.37. The average Bonchev–Trinajstić information content (AvgIpc) is 2.43. The molecule has 0 heterocycles. The number of aryl methyl sites for hydroxylation is 1. The summed E-state index contributed by atoms with van der Waals surface area (Å²) in [4.78, 5) is 11.9. The molecular weight excluding hydrogens is 290 g/mol. The van der Waals surface area contributed by atoms with E-state index in [-0.39, 0.29) is 6.03 Å². The van der Waals surface area contributed by atoms with E-state index in [1.54, 1.807) is 30.3 Å². The molecule has 0 saturated heterocycles. The number of nitrogens with two attached hydrogens (primary N) is 1. The number of carbonyl (C=O) groups is 1. The topological polar surface area (TPSA) is 76.4 Å². The molecule has 2 rings (SSSR count). The third-order valence-corrected chi connectivity index (χ3v) is 3.32. The molecule has 0 spiro atoms. The first-order valence-electron chi connectivity index (χ1n) is 6.27. The minimum Gasteiger partial charge on any atom is -0.495 e. The van der Waals surface area contributed by atoms with Crippen LogP contribution in [0, 0.1) is 6.92 Å². The Balaban J connectivity index is 2.04. The predicted octanol–water partition coefficient (Wildman–Crippen LogP) is 3.88. The van der Waals surface area contributed by atoms with Crippen molar-refractivity contribution in [3.63, 3.8) is 0 Å². The van der Waals surface area contributed by atoms with E-state index in [2.05, 4.69) is 10.6 Å². The first-order valence-corrected chi connectivity index (χ1v) is 6.65. The van der Waals surface area contributed by atoms with Gasteiger partial charge < -0.3 is 21.1 Å². The molecule has 0 unspecified atom stereocenters. The van der Waals surface area contributed by atoms with Crippen LogP contribution in [0.15, 0.2) is 36.4 Å². The lowest BCUT2D eigenvalue weighted by atomic mass is 10.2. The number of carbonyl (C=O) groups excluding carboxylic acids is 1. The van der Waals surface area contributed by atoms with Crippen molar-refractivity contribution in [1.82, 2.24) is 0 Å². The number of nitrogen functional groups attached to an aromatic ring is 1. The van der Waals surface area contributed by atoms with Gasteiger partial charge in [-0.05, 0) is 42.8 Å². The minimum absolute atomic E-state index is 0.375. The fourth-order valence-corrected chi connectivity index (χ4v) is 1.96. The van der Waals surface area contributed by atoms with E-state index in [9.17, 15) is 4.79 Å². The highest BCUT2D eigenvalue weighted by molar-refractivity contribution is 6.31. The van der Waals surface area contributed by atoms with Gasteiger partial charge in [0.05, 0.1) is 12.8 Å². The van der Waals surface area contributed by atoms with Crippen LogP contribution in [0.5, 0.6) is 5.75 Å². The summed E-state index contributed by atoms with van der Waals surface area (Å²) >= 11 is 6.01.